The Morgan fingerprint density at radius 1 is 1.40 bits per heavy atom. The van der Waals surface area contributed by atoms with Crippen molar-refractivity contribution in [3.05, 3.63) is 22.9 Å². The van der Waals surface area contributed by atoms with Crippen molar-refractivity contribution in [1.82, 2.24) is 10.3 Å². The van der Waals surface area contributed by atoms with Crippen LogP contribution < -0.4 is 5.32 Å². The first-order valence-electron chi connectivity index (χ1n) is 7.55. The Balaban J connectivity index is 2.16. The number of nitrogens with one attached hydrogen (secondary N) is 1. The third kappa shape index (κ3) is 4.43. The van der Waals surface area contributed by atoms with E-state index >= 15 is 0 Å². The number of carbonyl (C=O) groups is 1. The van der Waals surface area contributed by atoms with E-state index < -0.39 is 28.7 Å². The van der Waals surface area contributed by atoms with Crippen LogP contribution in [0.3, 0.4) is 0 Å². The van der Waals surface area contributed by atoms with Gasteiger partial charge in [-0.15, -0.1) is 0 Å². The number of halogens is 3. The van der Waals surface area contributed by atoms with Gasteiger partial charge in [-0.2, -0.15) is 23.7 Å². The highest BCUT2D eigenvalue weighted by molar-refractivity contribution is 8.00. The van der Waals surface area contributed by atoms with E-state index in [0.717, 1.165) is 30.7 Å². The van der Waals surface area contributed by atoms with Gasteiger partial charge in [0.25, 0.3) is 0 Å². The van der Waals surface area contributed by atoms with Crippen LogP contribution in [0.2, 0.25) is 0 Å². The summed E-state index contributed by atoms with van der Waals surface area (Å²) in [6.07, 6.45) is -1.87. The maximum Gasteiger partial charge on any atom is 0.417 e. The second-order valence-corrected chi connectivity index (χ2v) is 6.80. The summed E-state index contributed by atoms with van der Waals surface area (Å²) in [6, 6.07) is 4.45. The smallest absolute Gasteiger partial charge is 0.337 e. The summed E-state index contributed by atoms with van der Waals surface area (Å²) in [4.78, 5) is 16.0. The van der Waals surface area contributed by atoms with E-state index in [1.165, 1.54) is 13.0 Å². The van der Waals surface area contributed by atoms with Crippen LogP contribution in [-0.2, 0) is 11.0 Å². The summed E-state index contributed by atoms with van der Waals surface area (Å²) >= 11 is 0.762. The predicted molar refractivity (Wildman–Crippen MR) is 84.4 cm³/mol. The molecular weight excluding hydrogens is 353 g/mol. The number of hydrogen-bond donors (Lipinski definition) is 1. The topological polar surface area (TPSA) is 89.6 Å². The molecule has 1 fully saturated rings. The molecule has 0 saturated heterocycles. The molecule has 1 N–H and O–H groups in total. The van der Waals surface area contributed by atoms with Crippen molar-refractivity contribution >= 4 is 17.7 Å². The van der Waals surface area contributed by atoms with E-state index in [0.29, 0.717) is 12.8 Å². The lowest BCUT2D eigenvalue weighted by Gasteiger charge is -2.21. The molecule has 1 heterocycles. The Morgan fingerprint density at radius 2 is 2.04 bits per heavy atom. The first kappa shape index (κ1) is 19.1. The van der Waals surface area contributed by atoms with Gasteiger partial charge in [0.2, 0.25) is 5.91 Å². The Morgan fingerprint density at radius 3 is 2.56 bits per heavy atom. The minimum absolute atomic E-state index is 0.110. The van der Waals surface area contributed by atoms with E-state index in [9.17, 15) is 23.2 Å². The minimum atomic E-state index is -4.68. The van der Waals surface area contributed by atoms with E-state index in [4.69, 9.17) is 5.26 Å². The molecule has 1 saturated carbocycles. The first-order chi connectivity index (χ1) is 11.7. The molecule has 0 atom stereocenters. The lowest BCUT2D eigenvalue weighted by molar-refractivity contribution is -0.138. The number of aryl methyl sites for hydroxylation is 1. The quantitative estimate of drug-likeness (QED) is 0.824. The summed E-state index contributed by atoms with van der Waals surface area (Å²) in [5.74, 6) is -0.680. The monoisotopic (exact) mass is 368 g/mol. The van der Waals surface area contributed by atoms with Crippen LogP contribution in [0.25, 0.3) is 0 Å². The molecule has 1 aliphatic rings. The Hall–Kier alpha value is -2.26. The van der Waals surface area contributed by atoms with Gasteiger partial charge in [-0.3, -0.25) is 4.79 Å². The van der Waals surface area contributed by atoms with Crippen molar-refractivity contribution in [1.29, 1.82) is 10.5 Å². The molecular formula is C16H15F3N4OS. The molecule has 25 heavy (non-hydrogen) atoms. The number of thioether (sulfide) groups is 1. The highest BCUT2D eigenvalue weighted by atomic mass is 32.2. The van der Waals surface area contributed by atoms with Gasteiger partial charge in [0.1, 0.15) is 16.6 Å². The first-order valence-corrected chi connectivity index (χ1v) is 8.53. The molecule has 1 aliphatic carbocycles. The van der Waals surface area contributed by atoms with Crippen molar-refractivity contribution in [2.75, 3.05) is 5.75 Å². The zero-order valence-electron chi connectivity index (χ0n) is 13.4. The van der Waals surface area contributed by atoms with Gasteiger partial charge in [-0.25, -0.2) is 4.98 Å². The Labute approximate surface area is 147 Å². The van der Waals surface area contributed by atoms with Crippen LogP contribution >= 0.6 is 11.8 Å². The molecule has 2 rings (SSSR count). The van der Waals surface area contributed by atoms with Crippen LogP contribution in [0.15, 0.2) is 11.1 Å². The van der Waals surface area contributed by atoms with E-state index in [-0.39, 0.29) is 16.5 Å². The van der Waals surface area contributed by atoms with Gasteiger partial charge >= 0.3 is 6.18 Å². The molecule has 5 nitrogen and oxygen atoms in total. The highest BCUT2D eigenvalue weighted by Crippen LogP contribution is 2.36. The van der Waals surface area contributed by atoms with Crippen LogP contribution in [0.5, 0.6) is 0 Å². The summed E-state index contributed by atoms with van der Waals surface area (Å²) in [6.45, 7) is 1.39. The Kier molecular flexibility index (Phi) is 5.58. The second-order valence-electron chi connectivity index (χ2n) is 5.84. The molecule has 0 aliphatic heterocycles. The fraction of sp³-hybridized carbons (Fsp3) is 0.500. The number of pyridine rings is 1. The van der Waals surface area contributed by atoms with E-state index in [1.54, 1.807) is 0 Å². The van der Waals surface area contributed by atoms with Gasteiger partial charge in [0.05, 0.1) is 22.9 Å². The number of nitriles is 2. The number of aromatic nitrogens is 1. The standard InChI is InChI=1S/C16H15F3N4OS/c1-10-6-12(16(17,18)19)11(7-20)14(22-10)25-8-13(24)23-15(9-21)4-2-3-5-15/h6H,2-5,8H2,1H3,(H,23,24). The van der Waals surface area contributed by atoms with Gasteiger partial charge < -0.3 is 5.32 Å². The van der Waals surface area contributed by atoms with Crippen LogP contribution in [0, 0.1) is 29.6 Å². The SMILES string of the molecule is Cc1cc(C(F)(F)F)c(C#N)c(SCC(=O)NC2(C#N)CCCC2)n1. The summed E-state index contributed by atoms with van der Waals surface area (Å²) in [5.41, 5.74) is -2.44. The highest BCUT2D eigenvalue weighted by Gasteiger charge is 2.37. The second kappa shape index (κ2) is 7.32. The van der Waals surface area contributed by atoms with Crippen LogP contribution in [0.4, 0.5) is 13.2 Å². The van der Waals surface area contributed by atoms with Gasteiger partial charge in [-0.05, 0) is 38.7 Å². The van der Waals surface area contributed by atoms with E-state index in [2.05, 4.69) is 16.4 Å². The molecule has 132 valence electrons. The number of alkyl halides is 3. The molecule has 0 radical (unpaired) electrons. The molecule has 9 heteroatoms. The number of rotatable bonds is 4. The fourth-order valence-corrected chi connectivity index (χ4v) is 3.61. The molecule has 1 aromatic heterocycles. The summed E-state index contributed by atoms with van der Waals surface area (Å²) < 4.78 is 39.2. The van der Waals surface area contributed by atoms with E-state index in [1.807, 2.05) is 0 Å². The minimum Gasteiger partial charge on any atom is -0.337 e. The van der Waals surface area contributed by atoms with Crippen molar-refractivity contribution in [2.45, 2.75) is 49.3 Å². The van der Waals surface area contributed by atoms with Crippen molar-refractivity contribution in [2.24, 2.45) is 0 Å². The largest absolute Gasteiger partial charge is 0.417 e. The third-order valence-corrected chi connectivity index (χ3v) is 4.90. The van der Waals surface area contributed by atoms with Gasteiger partial charge in [0.15, 0.2) is 0 Å². The van der Waals surface area contributed by atoms with Crippen LogP contribution in [-0.4, -0.2) is 22.2 Å². The van der Waals surface area contributed by atoms with Crippen LogP contribution in [0.1, 0.15) is 42.5 Å². The van der Waals surface area contributed by atoms with Crippen molar-refractivity contribution < 1.29 is 18.0 Å². The zero-order chi connectivity index (χ0) is 18.7. The molecule has 0 aromatic carbocycles. The number of hydrogen-bond acceptors (Lipinski definition) is 5. The number of nitrogens with zero attached hydrogens (tertiary/aromatic N) is 3. The fourth-order valence-electron chi connectivity index (χ4n) is 2.76. The molecule has 1 amide bonds. The number of carbonyl (C=O) groups excluding carboxylic acids is 1. The molecule has 0 unspecified atom stereocenters. The normalized spacial score (nSPS) is 16.1. The average molecular weight is 368 g/mol. The maximum atomic E-state index is 13.1. The van der Waals surface area contributed by atoms with Crippen molar-refractivity contribution in [3.63, 3.8) is 0 Å². The predicted octanol–water partition coefficient (Wildman–Crippen LogP) is 3.33. The number of amides is 1. The van der Waals surface area contributed by atoms with Gasteiger partial charge in [-0.1, -0.05) is 11.8 Å². The maximum absolute atomic E-state index is 13.1. The lowest BCUT2D eigenvalue weighted by Crippen LogP contribution is -2.45. The molecule has 0 bridgehead atoms. The lowest BCUT2D eigenvalue weighted by atomic mass is 10.0. The summed E-state index contributed by atoms with van der Waals surface area (Å²) in [5, 5.41) is 20.8. The van der Waals surface area contributed by atoms with Crippen molar-refractivity contribution in [3.8, 4) is 12.1 Å². The summed E-state index contributed by atoms with van der Waals surface area (Å²) in [7, 11) is 0. The molecule has 1 aromatic rings. The van der Waals surface area contributed by atoms with Gasteiger partial charge in [0, 0.05) is 5.69 Å². The molecule has 0 spiro atoms. The third-order valence-electron chi connectivity index (χ3n) is 3.92. The average Bonchev–Trinajstić information content (AvgIpc) is 3.00. The zero-order valence-corrected chi connectivity index (χ0v) is 14.2. The Bertz CT molecular complexity index is 758.